The van der Waals surface area contributed by atoms with Crippen molar-refractivity contribution >= 4 is 35.2 Å². The van der Waals surface area contributed by atoms with E-state index in [1.807, 2.05) is 18.2 Å². The van der Waals surface area contributed by atoms with Gasteiger partial charge in [0.05, 0.1) is 10.2 Å². The molecule has 0 bridgehead atoms. The summed E-state index contributed by atoms with van der Waals surface area (Å²) in [5.74, 6) is 2.42. The van der Waals surface area contributed by atoms with Crippen LogP contribution in [0.1, 0.15) is 13.3 Å². The largest absolute Gasteiger partial charge is 0.492 e. The Morgan fingerprint density at radius 3 is 2.71 bits per heavy atom. The molecule has 14 heavy (non-hydrogen) atoms. The van der Waals surface area contributed by atoms with E-state index in [0.29, 0.717) is 5.92 Å². The number of rotatable bonds is 5. The van der Waals surface area contributed by atoms with Gasteiger partial charge in [-0.15, -0.1) is 0 Å². The van der Waals surface area contributed by atoms with E-state index < -0.39 is 0 Å². The second kappa shape index (κ2) is 6.56. The van der Waals surface area contributed by atoms with Crippen molar-refractivity contribution in [1.82, 2.24) is 0 Å². The molecule has 78 valence electrons. The Bertz CT molecular complexity index is 274. The highest BCUT2D eigenvalue weighted by Crippen LogP contribution is 2.20. The first kappa shape index (κ1) is 12.2. The molecule has 1 rings (SSSR count). The molecule has 0 saturated carbocycles. The van der Waals surface area contributed by atoms with Gasteiger partial charge < -0.3 is 4.74 Å². The van der Waals surface area contributed by atoms with E-state index in [1.54, 1.807) is 0 Å². The lowest BCUT2D eigenvalue weighted by molar-refractivity contribution is 0.258. The fourth-order valence-electron chi connectivity index (χ4n) is 1.07. The van der Waals surface area contributed by atoms with Gasteiger partial charge in [0, 0.05) is 5.92 Å². The van der Waals surface area contributed by atoms with Crippen LogP contribution in [0.25, 0.3) is 0 Å². The summed E-state index contributed by atoms with van der Waals surface area (Å²) >= 11 is 6.57. The van der Waals surface area contributed by atoms with Crippen molar-refractivity contribution < 1.29 is 4.74 Å². The molecule has 0 fully saturated rings. The molecular weight excluding hydrogens is 307 g/mol. The van der Waals surface area contributed by atoms with Crippen molar-refractivity contribution in [3.63, 3.8) is 0 Å². The van der Waals surface area contributed by atoms with Crippen molar-refractivity contribution in [2.75, 3.05) is 12.4 Å². The third-order valence-electron chi connectivity index (χ3n) is 2.15. The molecule has 0 radical (unpaired) electrons. The molecule has 1 aromatic carbocycles. The number of halogens is 1. The first-order valence-electron chi connectivity index (χ1n) is 4.76. The summed E-state index contributed by atoms with van der Waals surface area (Å²) in [4.78, 5) is 0. The van der Waals surface area contributed by atoms with Gasteiger partial charge in [-0.05, 0) is 46.9 Å². The number of benzene rings is 1. The van der Waals surface area contributed by atoms with Crippen molar-refractivity contribution in [3.05, 3.63) is 27.8 Å². The highest BCUT2D eigenvalue weighted by atomic mass is 127. The van der Waals surface area contributed by atoms with Crippen LogP contribution in [0.3, 0.4) is 0 Å². The molecule has 0 amide bonds. The molecule has 1 atom stereocenters. The molecule has 0 aromatic heterocycles. The van der Waals surface area contributed by atoms with Crippen LogP contribution in [-0.2, 0) is 0 Å². The predicted octanol–water partition coefficient (Wildman–Crippen LogP) is 3.63. The van der Waals surface area contributed by atoms with Gasteiger partial charge >= 0.3 is 0 Å². The van der Waals surface area contributed by atoms with Gasteiger partial charge in [-0.2, -0.15) is 12.6 Å². The van der Waals surface area contributed by atoms with Crippen LogP contribution in [-0.4, -0.2) is 12.4 Å². The van der Waals surface area contributed by atoms with Crippen molar-refractivity contribution in [2.24, 2.45) is 5.92 Å². The van der Waals surface area contributed by atoms with Crippen LogP contribution < -0.4 is 4.74 Å². The molecule has 0 saturated heterocycles. The lowest BCUT2D eigenvalue weighted by atomic mass is 10.1. The first-order valence-corrected chi connectivity index (χ1v) is 6.47. The van der Waals surface area contributed by atoms with Crippen molar-refractivity contribution in [1.29, 1.82) is 0 Å². The maximum Gasteiger partial charge on any atom is 0.132 e. The molecule has 0 aliphatic heterocycles. The zero-order valence-electron chi connectivity index (χ0n) is 8.24. The monoisotopic (exact) mass is 322 g/mol. The van der Waals surface area contributed by atoms with E-state index in [0.717, 1.165) is 24.5 Å². The number of hydrogen-bond acceptors (Lipinski definition) is 2. The van der Waals surface area contributed by atoms with Crippen LogP contribution in [0.15, 0.2) is 24.3 Å². The smallest absolute Gasteiger partial charge is 0.132 e. The lowest BCUT2D eigenvalue weighted by Gasteiger charge is -2.14. The van der Waals surface area contributed by atoms with Gasteiger partial charge in [-0.1, -0.05) is 19.1 Å². The van der Waals surface area contributed by atoms with E-state index in [4.69, 9.17) is 4.74 Å². The van der Waals surface area contributed by atoms with E-state index >= 15 is 0 Å². The van der Waals surface area contributed by atoms with Gasteiger partial charge in [-0.25, -0.2) is 0 Å². The minimum Gasteiger partial charge on any atom is -0.492 e. The normalized spacial score (nSPS) is 12.5. The van der Waals surface area contributed by atoms with Crippen molar-refractivity contribution in [3.8, 4) is 5.75 Å². The Kier molecular flexibility index (Phi) is 5.70. The summed E-state index contributed by atoms with van der Waals surface area (Å²) in [7, 11) is 0. The Morgan fingerprint density at radius 1 is 1.43 bits per heavy atom. The summed E-state index contributed by atoms with van der Waals surface area (Å²) in [6.45, 7) is 2.93. The van der Waals surface area contributed by atoms with Crippen LogP contribution in [0.4, 0.5) is 0 Å². The van der Waals surface area contributed by atoms with Crippen molar-refractivity contribution in [2.45, 2.75) is 13.3 Å². The van der Waals surface area contributed by atoms with Crippen LogP contribution >= 0.6 is 35.2 Å². The third-order valence-corrected chi connectivity index (χ3v) is 3.55. The summed E-state index contributed by atoms with van der Waals surface area (Å²) in [5, 5.41) is 0. The fraction of sp³-hybridized carbons (Fsp3) is 0.455. The summed E-state index contributed by atoms with van der Waals surface area (Å²) in [5.41, 5.74) is 0. The number of ether oxygens (including phenoxy) is 1. The Morgan fingerprint density at radius 2 is 2.14 bits per heavy atom. The molecular formula is C11H15IOS. The van der Waals surface area contributed by atoms with Gasteiger partial charge in [0.2, 0.25) is 0 Å². The maximum absolute atomic E-state index is 5.72. The quantitative estimate of drug-likeness (QED) is 0.643. The predicted molar refractivity (Wildman–Crippen MR) is 72.3 cm³/mol. The Labute approximate surface area is 105 Å². The average Bonchev–Trinajstić information content (AvgIpc) is 2.22. The average molecular weight is 322 g/mol. The van der Waals surface area contributed by atoms with E-state index in [9.17, 15) is 0 Å². The van der Waals surface area contributed by atoms with Gasteiger partial charge in [-0.3, -0.25) is 0 Å². The summed E-state index contributed by atoms with van der Waals surface area (Å²) in [6, 6.07) is 8.08. The highest BCUT2D eigenvalue weighted by Gasteiger charge is 2.06. The van der Waals surface area contributed by atoms with Crippen LogP contribution in [0.2, 0.25) is 0 Å². The SMILES string of the molecule is CCC(CS)COc1ccccc1I. The Hall–Kier alpha value is 0.100. The number of hydrogen-bond donors (Lipinski definition) is 1. The van der Waals surface area contributed by atoms with Crippen LogP contribution in [0, 0.1) is 9.49 Å². The van der Waals surface area contributed by atoms with E-state index in [2.05, 4.69) is 48.2 Å². The van der Waals surface area contributed by atoms with E-state index in [-0.39, 0.29) is 0 Å². The molecule has 0 N–H and O–H groups in total. The minimum atomic E-state index is 0.550. The van der Waals surface area contributed by atoms with Gasteiger partial charge in [0.25, 0.3) is 0 Å². The topological polar surface area (TPSA) is 9.23 Å². The zero-order chi connectivity index (χ0) is 10.4. The maximum atomic E-state index is 5.72. The molecule has 0 aliphatic rings. The zero-order valence-corrected chi connectivity index (χ0v) is 11.3. The highest BCUT2D eigenvalue weighted by molar-refractivity contribution is 14.1. The number of thiol groups is 1. The second-order valence-electron chi connectivity index (χ2n) is 3.20. The third kappa shape index (κ3) is 3.69. The molecule has 0 spiro atoms. The fourth-order valence-corrected chi connectivity index (χ4v) is 1.98. The number of para-hydroxylation sites is 1. The summed E-state index contributed by atoms with van der Waals surface area (Å²) in [6.07, 6.45) is 1.12. The molecule has 1 unspecified atom stereocenters. The molecule has 1 aromatic rings. The minimum absolute atomic E-state index is 0.550. The summed E-state index contributed by atoms with van der Waals surface area (Å²) < 4.78 is 6.89. The van der Waals surface area contributed by atoms with E-state index in [1.165, 1.54) is 3.57 Å². The van der Waals surface area contributed by atoms with Crippen LogP contribution in [0.5, 0.6) is 5.75 Å². The molecule has 3 heteroatoms. The molecule has 0 aliphatic carbocycles. The molecule has 0 heterocycles. The first-order chi connectivity index (χ1) is 6.77. The van der Waals surface area contributed by atoms with Gasteiger partial charge in [0.1, 0.15) is 5.75 Å². The Balaban J connectivity index is 2.49. The molecule has 1 nitrogen and oxygen atoms in total. The van der Waals surface area contributed by atoms with Gasteiger partial charge in [0.15, 0.2) is 0 Å². The standard InChI is InChI=1S/C11H15IOS/c1-2-9(8-14)7-13-11-6-4-3-5-10(11)12/h3-6,9,14H,2,7-8H2,1H3. The second-order valence-corrected chi connectivity index (χ2v) is 4.73. The lowest BCUT2D eigenvalue weighted by Crippen LogP contribution is -2.13.